The zero-order valence-corrected chi connectivity index (χ0v) is 13.1. The molecule has 4 heteroatoms. The number of hydrogen-bond acceptors (Lipinski definition) is 2. The van der Waals surface area contributed by atoms with E-state index in [9.17, 15) is 4.79 Å². The molecule has 102 valence electrons. The van der Waals surface area contributed by atoms with Gasteiger partial charge in [-0.1, -0.05) is 70.9 Å². The molecule has 2 aromatic rings. The van der Waals surface area contributed by atoms with Crippen molar-refractivity contribution in [3.05, 3.63) is 75.1 Å². The van der Waals surface area contributed by atoms with Gasteiger partial charge >= 0.3 is 0 Å². The van der Waals surface area contributed by atoms with E-state index in [-0.39, 0.29) is 5.78 Å². The highest BCUT2D eigenvalue weighted by Gasteiger charge is 2.05. The molecule has 0 aliphatic heterocycles. The molecular formula is C16H12Cl2OS. The van der Waals surface area contributed by atoms with Gasteiger partial charge in [0.1, 0.15) is 0 Å². The van der Waals surface area contributed by atoms with Crippen molar-refractivity contribution in [2.75, 3.05) is 0 Å². The Hall–Kier alpha value is -1.22. The lowest BCUT2D eigenvalue weighted by atomic mass is 10.1. The van der Waals surface area contributed by atoms with E-state index in [0.29, 0.717) is 15.6 Å². The zero-order valence-electron chi connectivity index (χ0n) is 10.8. The van der Waals surface area contributed by atoms with E-state index >= 15 is 0 Å². The van der Waals surface area contributed by atoms with Crippen LogP contribution in [-0.4, -0.2) is 5.78 Å². The highest BCUT2D eigenvalue weighted by Crippen LogP contribution is 2.34. The van der Waals surface area contributed by atoms with Crippen LogP contribution in [0.3, 0.4) is 0 Å². The number of allylic oxidation sites excluding steroid dienone is 1. The summed E-state index contributed by atoms with van der Waals surface area (Å²) in [5, 5.41) is 2.86. The van der Waals surface area contributed by atoms with Gasteiger partial charge in [-0.2, -0.15) is 0 Å². The van der Waals surface area contributed by atoms with Gasteiger partial charge in [0.25, 0.3) is 0 Å². The molecule has 0 amide bonds. The van der Waals surface area contributed by atoms with Crippen molar-refractivity contribution >= 4 is 40.7 Å². The number of ketones is 1. The predicted molar refractivity (Wildman–Crippen MR) is 87.0 cm³/mol. The van der Waals surface area contributed by atoms with Crippen molar-refractivity contribution in [2.24, 2.45) is 0 Å². The Bertz CT molecular complexity index is 628. The number of rotatable bonds is 4. The molecule has 0 spiro atoms. The SMILES string of the molecule is Cc1ccc(C(=O)C=CSc2c(Cl)cccc2Cl)cc1. The normalized spacial score (nSPS) is 10.9. The fourth-order valence-electron chi connectivity index (χ4n) is 1.57. The summed E-state index contributed by atoms with van der Waals surface area (Å²) in [4.78, 5) is 12.7. The summed E-state index contributed by atoms with van der Waals surface area (Å²) in [6.07, 6.45) is 1.52. The fraction of sp³-hybridized carbons (Fsp3) is 0.0625. The second-order valence-electron chi connectivity index (χ2n) is 4.20. The lowest BCUT2D eigenvalue weighted by Crippen LogP contribution is -1.93. The molecule has 0 aromatic heterocycles. The molecule has 0 unspecified atom stereocenters. The summed E-state index contributed by atoms with van der Waals surface area (Å²) in [5.41, 5.74) is 1.79. The van der Waals surface area contributed by atoms with Crippen molar-refractivity contribution in [1.29, 1.82) is 0 Å². The second kappa shape index (κ2) is 6.98. The minimum absolute atomic E-state index is 0.0410. The van der Waals surface area contributed by atoms with Crippen LogP contribution in [0.1, 0.15) is 15.9 Å². The van der Waals surface area contributed by atoms with Crippen LogP contribution >= 0.6 is 35.0 Å². The Balaban J connectivity index is 2.07. The Kier molecular flexibility index (Phi) is 5.30. The molecule has 20 heavy (non-hydrogen) atoms. The lowest BCUT2D eigenvalue weighted by Gasteiger charge is -2.02. The smallest absolute Gasteiger partial charge is 0.186 e. The van der Waals surface area contributed by atoms with Crippen molar-refractivity contribution in [1.82, 2.24) is 0 Å². The van der Waals surface area contributed by atoms with Crippen molar-refractivity contribution in [3.8, 4) is 0 Å². The molecule has 0 bridgehead atoms. The first-order chi connectivity index (χ1) is 9.58. The quantitative estimate of drug-likeness (QED) is 0.402. The van der Waals surface area contributed by atoms with E-state index in [2.05, 4.69) is 0 Å². The summed E-state index contributed by atoms with van der Waals surface area (Å²) in [6, 6.07) is 12.8. The van der Waals surface area contributed by atoms with Crippen LogP contribution in [0.15, 0.2) is 58.8 Å². The standard InChI is InChI=1S/C16H12Cl2OS/c1-11-5-7-12(8-6-11)15(19)9-10-20-16-13(17)3-2-4-14(16)18/h2-10H,1H3. The van der Waals surface area contributed by atoms with E-state index in [1.807, 2.05) is 31.2 Å². The Morgan fingerprint density at radius 2 is 1.65 bits per heavy atom. The molecule has 0 aliphatic rings. The monoisotopic (exact) mass is 322 g/mol. The van der Waals surface area contributed by atoms with Crippen LogP contribution in [0.5, 0.6) is 0 Å². The number of carbonyl (C=O) groups is 1. The molecule has 2 rings (SSSR count). The molecule has 0 atom stereocenters. The molecule has 0 heterocycles. The second-order valence-corrected chi connectivity index (χ2v) is 5.93. The van der Waals surface area contributed by atoms with Gasteiger partial charge in [0.05, 0.1) is 10.0 Å². The number of thioether (sulfide) groups is 1. The first-order valence-electron chi connectivity index (χ1n) is 5.96. The first-order valence-corrected chi connectivity index (χ1v) is 7.59. The van der Waals surface area contributed by atoms with Gasteiger partial charge in [0, 0.05) is 10.5 Å². The van der Waals surface area contributed by atoms with Crippen LogP contribution in [-0.2, 0) is 0 Å². The maximum absolute atomic E-state index is 11.9. The van der Waals surface area contributed by atoms with Crippen LogP contribution < -0.4 is 0 Å². The van der Waals surface area contributed by atoms with E-state index in [1.165, 1.54) is 17.8 Å². The summed E-state index contributed by atoms with van der Waals surface area (Å²) < 4.78 is 0. The third-order valence-electron chi connectivity index (χ3n) is 2.66. The van der Waals surface area contributed by atoms with Gasteiger partial charge in [-0.3, -0.25) is 4.79 Å². The molecule has 2 aromatic carbocycles. The van der Waals surface area contributed by atoms with Gasteiger partial charge in [-0.05, 0) is 30.5 Å². The molecular weight excluding hydrogens is 311 g/mol. The zero-order chi connectivity index (χ0) is 14.5. The average molecular weight is 323 g/mol. The van der Waals surface area contributed by atoms with Crippen LogP contribution in [0, 0.1) is 6.92 Å². The summed E-state index contributed by atoms with van der Waals surface area (Å²) in [6.45, 7) is 1.99. The molecule has 0 aliphatic carbocycles. The van der Waals surface area contributed by atoms with Crippen molar-refractivity contribution in [2.45, 2.75) is 11.8 Å². The Labute approximate surface area is 132 Å². The number of benzene rings is 2. The van der Waals surface area contributed by atoms with E-state index in [4.69, 9.17) is 23.2 Å². The Morgan fingerprint density at radius 3 is 2.25 bits per heavy atom. The third-order valence-corrected chi connectivity index (χ3v) is 4.46. The molecule has 0 radical (unpaired) electrons. The Morgan fingerprint density at radius 1 is 1.05 bits per heavy atom. The molecule has 0 saturated heterocycles. The summed E-state index contributed by atoms with van der Waals surface area (Å²) in [7, 11) is 0. The first kappa shape index (κ1) is 15.2. The number of aryl methyl sites for hydroxylation is 1. The van der Waals surface area contributed by atoms with Crippen LogP contribution in [0.4, 0.5) is 0 Å². The topological polar surface area (TPSA) is 17.1 Å². The lowest BCUT2D eigenvalue weighted by molar-refractivity contribution is 0.104. The average Bonchev–Trinajstić information content (AvgIpc) is 2.42. The maximum Gasteiger partial charge on any atom is 0.186 e. The largest absolute Gasteiger partial charge is 0.289 e. The van der Waals surface area contributed by atoms with Gasteiger partial charge in [0.2, 0.25) is 0 Å². The predicted octanol–water partition coefficient (Wildman–Crippen LogP) is 5.79. The highest BCUT2D eigenvalue weighted by atomic mass is 35.5. The highest BCUT2D eigenvalue weighted by molar-refractivity contribution is 8.02. The maximum atomic E-state index is 11.9. The minimum Gasteiger partial charge on any atom is -0.289 e. The number of carbonyl (C=O) groups excluding carboxylic acids is 1. The molecule has 0 saturated carbocycles. The molecule has 1 nitrogen and oxygen atoms in total. The number of hydrogen-bond donors (Lipinski definition) is 0. The minimum atomic E-state index is -0.0410. The van der Waals surface area contributed by atoms with E-state index in [0.717, 1.165) is 10.5 Å². The number of halogens is 2. The van der Waals surface area contributed by atoms with E-state index in [1.54, 1.807) is 23.6 Å². The summed E-state index contributed by atoms with van der Waals surface area (Å²) in [5.74, 6) is -0.0410. The molecule has 0 N–H and O–H groups in total. The van der Waals surface area contributed by atoms with Crippen LogP contribution in [0.2, 0.25) is 10.0 Å². The van der Waals surface area contributed by atoms with Gasteiger partial charge in [0.15, 0.2) is 5.78 Å². The van der Waals surface area contributed by atoms with Crippen molar-refractivity contribution < 1.29 is 4.79 Å². The van der Waals surface area contributed by atoms with E-state index < -0.39 is 0 Å². The fourth-order valence-corrected chi connectivity index (χ4v) is 2.93. The van der Waals surface area contributed by atoms with Gasteiger partial charge < -0.3 is 0 Å². The molecule has 0 fully saturated rings. The van der Waals surface area contributed by atoms with Crippen LogP contribution in [0.25, 0.3) is 0 Å². The van der Waals surface area contributed by atoms with Gasteiger partial charge in [-0.25, -0.2) is 0 Å². The summed E-state index contributed by atoms with van der Waals surface area (Å²) >= 11 is 13.4. The third kappa shape index (κ3) is 3.89. The van der Waals surface area contributed by atoms with Crippen molar-refractivity contribution in [3.63, 3.8) is 0 Å². The van der Waals surface area contributed by atoms with Gasteiger partial charge in [-0.15, -0.1) is 0 Å².